The highest BCUT2D eigenvalue weighted by Crippen LogP contribution is 1.90. The van der Waals surface area contributed by atoms with Gasteiger partial charge in [-0.25, -0.2) is 0 Å². The molecule has 0 aromatic rings. The Balaban J connectivity index is 3.46. The minimum Gasteiger partial charge on any atom is -0.373 e. The maximum absolute atomic E-state index is 10.3. The molecule has 4 heteroatoms. The van der Waals surface area contributed by atoms with Crippen LogP contribution >= 0.6 is 0 Å². The van der Waals surface area contributed by atoms with Gasteiger partial charge in [0.25, 0.3) is 0 Å². The van der Waals surface area contributed by atoms with Crippen molar-refractivity contribution >= 4 is 5.97 Å². The van der Waals surface area contributed by atoms with Crippen LogP contribution in [0.5, 0.6) is 0 Å². The Morgan fingerprint density at radius 1 is 1.88 bits per heavy atom. The highest BCUT2D eigenvalue weighted by molar-refractivity contribution is 5.71. The molecular formula is C4H10N2O2. The summed E-state index contributed by atoms with van der Waals surface area (Å²) in [7, 11) is 0. The molecule has 0 unspecified atom stereocenters. The van der Waals surface area contributed by atoms with E-state index in [1.54, 1.807) is 6.92 Å². The summed E-state index contributed by atoms with van der Waals surface area (Å²) in [6.07, 6.45) is 0. The summed E-state index contributed by atoms with van der Waals surface area (Å²) in [4.78, 5) is 14.2. The summed E-state index contributed by atoms with van der Waals surface area (Å²) in [5.41, 5.74) is 5.09. The number of hydrogen-bond donors (Lipinski definition) is 2. The molecule has 1 atom stereocenters. The standard InChI is InChI=1S/C4H10N2O2/c1-3(2-5)4(7)8-6/h3H,2,5-6H2,1H3/t3-/m0/s1. The number of carbonyl (C=O) groups is 1. The highest BCUT2D eigenvalue weighted by Gasteiger charge is 2.09. The third-order valence-corrected chi connectivity index (χ3v) is 0.872. The SMILES string of the molecule is C[C@@H](CN)C(=O)ON. The first-order valence-electron chi connectivity index (χ1n) is 2.33. The predicted octanol–water partition coefficient (Wildman–Crippen LogP) is -1.00. The van der Waals surface area contributed by atoms with Crippen LogP contribution in [0.3, 0.4) is 0 Å². The quantitative estimate of drug-likeness (QED) is 0.456. The number of rotatable bonds is 2. The molecule has 0 aliphatic carbocycles. The molecule has 4 N–H and O–H groups in total. The second kappa shape index (κ2) is 3.40. The third-order valence-electron chi connectivity index (χ3n) is 0.872. The number of nitrogens with two attached hydrogens (primary N) is 2. The van der Waals surface area contributed by atoms with Crippen LogP contribution in [0, 0.1) is 5.92 Å². The maximum Gasteiger partial charge on any atom is 0.328 e. The molecule has 0 aliphatic rings. The summed E-state index contributed by atoms with van der Waals surface area (Å²) in [5.74, 6) is 3.79. The lowest BCUT2D eigenvalue weighted by Crippen LogP contribution is -2.24. The van der Waals surface area contributed by atoms with Crippen molar-refractivity contribution in [1.82, 2.24) is 0 Å². The molecule has 4 nitrogen and oxygen atoms in total. The predicted molar refractivity (Wildman–Crippen MR) is 28.5 cm³/mol. The fraction of sp³-hybridized carbons (Fsp3) is 0.750. The second-order valence-corrected chi connectivity index (χ2v) is 1.57. The van der Waals surface area contributed by atoms with Crippen molar-refractivity contribution in [2.45, 2.75) is 6.92 Å². The highest BCUT2D eigenvalue weighted by atomic mass is 16.7. The van der Waals surface area contributed by atoms with Crippen LogP contribution in [0.15, 0.2) is 0 Å². The summed E-state index contributed by atoms with van der Waals surface area (Å²) in [6, 6.07) is 0. The van der Waals surface area contributed by atoms with E-state index in [9.17, 15) is 4.79 Å². The topological polar surface area (TPSA) is 78.3 Å². The van der Waals surface area contributed by atoms with Crippen LogP contribution in [0.2, 0.25) is 0 Å². The Labute approximate surface area is 47.7 Å². The smallest absolute Gasteiger partial charge is 0.328 e. The first kappa shape index (κ1) is 7.39. The van der Waals surface area contributed by atoms with Gasteiger partial charge in [0.05, 0.1) is 5.92 Å². The molecule has 0 aliphatic heterocycles. The van der Waals surface area contributed by atoms with Crippen molar-refractivity contribution in [2.24, 2.45) is 17.5 Å². The van der Waals surface area contributed by atoms with Crippen molar-refractivity contribution in [3.8, 4) is 0 Å². The van der Waals surface area contributed by atoms with E-state index in [4.69, 9.17) is 5.73 Å². The van der Waals surface area contributed by atoms with Crippen molar-refractivity contribution in [1.29, 1.82) is 0 Å². The Morgan fingerprint density at radius 2 is 2.38 bits per heavy atom. The van der Waals surface area contributed by atoms with Crippen LogP contribution in [0.25, 0.3) is 0 Å². The molecule has 0 radical (unpaired) electrons. The third kappa shape index (κ3) is 1.90. The minimum atomic E-state index is -0.465. The van der Waals surface area contributed by atoms with Gasteiger partial charge in [-0.2, -0.15) is 5.90 Å². The summed E-state index contributed by atoms with van der Waals surface area (Å²) in [6.45, 7) is 1.92. The normalized spacial score (nSPS) is 12.9. The maximum atomic E-state index is 10.3. The molecule has 0 saturated carbocycles. The lowest BCUT2D eigenvalue weighted by molar-refractivity contribution is -0.148. The lowest BCUT2D eigenvalue weighted by atomic mass is 10.2. The Morgan fingerprint density at radius 3 is 2.50 bits per heavy atom. The zero-order valence-corrected chi connectivity index (χ0v) is 4.76. The van der Waals surface area contributed by atoms with Gasteiger partial charge in [-0.3, -0.25) is 4.79 Å². The molecule has 0 aromatic heterocycles. The fourth-order valence-electron chi connectivity index (χ4n) is 0.212. The van der Waals surface area contributed by atoms with Crippen LogP contribution < -0.4 is 11.6 Å². The van der Waals surface area contributed by atoms with Gasteiger partial charge in [0.2, 0.25) is 0 Å². The van der Waals surface area contributed by atoms with Crippen molar-refractivity contribution in [3.63, 3.8) is 0 Å². The van der Waals surface area contributed by atoms with E-state index in [2.05, 4.69) is 10.7 Å². The fourth-order valence-corrected chi connectivity index (χ4v) is 0.212. The van der Waals surface area contributed by atoms with E-state index in [0.29, 0.717) is 0 Å². The Kier molecular flexibility index (Phi) is 3.14. The molecule has 0 heterocycles. The van der Waals surface area contributed by atoms with Gasteiger partial charge in [-0.1, -0.05) is 6.92 Å². The van der Waals surface area contributed by atoms with Gasteiger partial charge in [0.1, 0.15) is 0 Å². The largest absolute Gasteiger partial charge is 0.373 e. The molecule has 8 heavy (non-hydrogen) atoms. The van der Waals surface area contributed by atoms with Crippen molar-refractivity contribution in [3.05, 3.63) is 0 Å². The molecule has 0 spiro atoms. The first-order valence-corrected chi connectivity index (χ1v) is 2.33. The molecule has 0 fully saturated rings. The molecule has 0 aromatic carbocycles. The average molecular weight is 118 g/mol. The Bertz CT molecular complexity index is 84.1. The van der Waals surface area contributed by atoms with Gasteiger partial charge in [0.15, 0.2) is 0 Å². The van der Waals surface area contributed by atoms with Gasteiger partial charge >= 0.3 is 5.97 Å². The molecule has 0 bridgehead atoms. The van der Waals surface area contributed by atoms with E-state index in [-0.39, 0.29) is 12.5 Å². The molecule has 48 valence electrons. The summed E-state index contributed by atoms with van der Waals surface area (Å²) < 4.78 is 0. The van der Waals surface area contributed by atoms with Crippen molar-refractivity contribution in [2.75, 3.05) is 6.54 Å². The summed E-state index contributed by atoms with van der Waals surface area (Å²) in [5, 5.41) is 0. The van der Waals surface area contributed by atoms with Crippen LogP contribution in [-0.2, 0) is 9.63 Å². The molecular weight excluding hydrogens is 108 g/mol. The average Bonchev–Trinajstić information content (AvgIpc) is 1.84. The number of hydrogen-bond acceptors (Lipinski definition) is 4. The first-order chi connectivity index (χ1) is 3.72. The van der Waals surface area contributed by atoms with Gasteiger partial charge in [0, 0.05) is 6.54 Å². The van der Waals surface area contributed by atoms with Gasteiger partial charge < -0.3 is 10.6 Å². The molecule has 0 amide bonds. The van der Waals surface area contributed by atoms with Gasteiger partial charge in [-0.05, 0) is 0 Å². The monoisotopic (exact) mass is 118 g/mol. The lowest BCUT2D eigenvalue weighted by Gasteiger charge is -2.01. The van der Waals surface area contributed by atoms with E-state index < -0.39 is 5.97 Å². The summed E-state index contributed by atoms with van der Waals surface area (Å²) >= 11 is 0. The van der Waals surface area contributed by atoms with Crippen LogP contribution in [0.4, 0.5) is 0 Å². The van der Waals surface area contributed by atoms with Crippen LogP contribution in [0.1, 0.15) is 6.92 Å². The van der Waals surface area contributed by atoms with E-state index in [1.165, 1.54) is 0 Å². The zero-order chi connectivity index (χ0) is 6.57. The minimum absolute atomic E-state index is 0.274. The van der Waals surface area contributed by atoms with Gasteiger partial charge in [-0.15, -0.1) is 0 Å². The Hall–Kier alpha value is -0.610. The van der Waals surface area contributed by atoms with E-state index in [0.717, 1.165) is 0 Å². The number of carbonyl (C=O) groups excluding carboxylic acids is 1. The molecule has 0 saturated heterocycles. The van der Waals surface area contributed by atoms with Crippen LogP contribution in [-0.4, -0.2) is 12.5 Å². The molecule has 0 rings (SSSR count). The van der Waals surface area contributed by atoms with E-state index in [1.807, 2.05) is 0 Å². The second-order valence-electron chi connectivity index (χ2n) is 1.57. The van der Waals surface area contributed by atoms with Crippen molar-refractivity contribution < 1.29 is 9.63 Å². The van der Waals surface area contributed by atoms with E-state index >= 15 is 0 Å². The zero-order valence-electron chi connectivity index (χ0n) is 4.76.